The number of aromatic nitrogens is 1. The number of nitriles is 1. The third-order valence-electron chi connectivity index (χ3n) is 4.56. The lowest BCUT2D eigenvalue weighted by atomic mass is 9.92. The SMILES string of the molecule is C[C@@H]1C[C@@H](C)CN(c2c(N)cc(C#N)n2Cc2ccccc2)C1. The first-order chi connectivity index (χ1) is 11.1. The van der Waals surface area contributed by atoms with E-state index in [4.69, 9.17) is 5.73 Å². The molecule has 0 amide bonds. The Kier molecular flexibility index (Phi) is 4.29. The van der Waals surface area contributed by atoms with Crippen molar-refractivity contribution in [1.82, 2.24) is 4.57 Å². The Balaban J connectivity index is 1.99. The largest absolute Gasteiger partial charge is 0.396 e. The Morgan fingerprint density at radius 1 is 1.17 bits per heavy atom. The van der Waals surface area contributed by atoms with Gasteiger partial charge in [-0.15, -0.1) is 0 Å². The molecule has 0 spiro atoms. The van der Waals surface area contributed by atoms with Gasteiger partial charge in [-0.3, -0.25) is 0 Å². The Morgan fingerprint density at radius 3 is 2.43 bits per heavy atom. The minimum absolute atomic E-state index is 0.632. The Morgan fingerprint density at radius 2 is 1.83 bits per heavy atom. The molecule has 23 heavy (non-hydrogen) atoms. The molecule has 0 bridgehead atoms. The quantitative estimate of drug-likeness (QED) is 0.944. The van der Waals surface area contributed by atoms with Crippen LogP contribution in [0.2, 0.25) is 0 Å². The van der Waals surface area contributed by atoms with Crippen molar-refractivity contribution in [1.29, 1.82) is 5.26 Å². The zero-order chi connectivity index (χ0) is 16.4. The predicted molar refractivity (Wildman–Crippen MR) is 94.3 cm³/mol. The van der Waals surface area contributed by atoms with Crippen LogP contribution in [0.4, 0.5) is 11.5 Å². The highest BCUT2D eigenvalue weighted by Crippen LogP contribution is 2.33. The van der Waals surface area contributed by atoms with Gasteiger partial charge < -0.3 is 15.2 Å². The van der Waals surface area contributed by atoms with Gasteiger partial charge in [-0.05, 0) is 29.9 Å². The van der Waals surface area contributed by atoms with E-state index >= 15 is 0 Å². The summed E-state index contributed by atoms with van der Waals surface area (Å²) in [5.74, 6) is 2.29. The molecule has 120 valence electrons. The minimum Gasteiger partial charge on any atom is -0.396 e. The monoisotopic (exact) mass is 308 g/mol. The molecule has 0 radical (unpaired) electrons. The summed E-state index contributed by atoms with van der Waals surface area (Å²) in [5, 5.41) is 9.49. The fourth-order valence-electron chi connectivity index (χ4n) is 3.77. The summed E-state index contributed by atoms with van der Waals surface area (Å²) in [4.78, 5) is 2.36. The maximum atomic E-state index is 9.49. The second-order valence-electron chi connectivity index (χ2n) is 6.84. The summed E-state index contributed by atoms with van der Waals surface area (Å²) in [6.45, 7) is 7.25. The van der Waals surface area contributed by atoms with Crippen LogP contribution in [0.5, 0.6) is 0 Å². The van der Waals surface area contributed by atoms with Crippen LogP contribution in [0.25, 0.3) is 0 Å². The van der Waals surface area contributed by atoms with Gasteiger partial charge in [0, 0.05) is 13.1 Å². The highest BCUT2D eigenvalue weighted by molar-refractivity contribution is 5.68. The van der Waals surface area contributed by atoms with Crippen LogP contribution >= 0.6 is 0 Å². The van der Waals surface area contributed by atoms with Gasteiger partial charge in [-0.25, -0.2) is 0 Å². The van der Waals surface area contributed by atoms with E-state index in [2.05, 4.69) is 41.5 Å². The number of nitrogens with zero attached hydrogens (tertiary/aromatic N) is 3. The molecule has 1 saturated heterocycles. The first-order valence-electron chi connectivity index (χ1n) is 8.26. The first-order valence-corrected chi connectivity index (χ1v) is 8.26. The number of rotatable bonds is 3. The van der Waals surface area contributed by atoms with Gasteiger partial charge in [-0.1, -0.05) is 44.2 Å². The summed E-state index contributed by atoms with van der Waals surface area (Å²) < 4.78 is 2.06. The minimum atomic E-state index is 0.632. The van der Waals surface area contributed by atoms with Gasteiger partial charge in [0.1, 0.15) is 17.6 Å². The molecule has 4 nitrogen and oxygen atoms in total. The average Bonchev–Trinajstić information content (AvgIpc) is 2.83. The first kappa shape index (κ1) is 15.5. The second kappa shape index (κ2) is 6.37. The van der Waals surface area contributed by atoms with E-state index in [1.54, 1.807) is 0 Å². The van der Waals surface area contributed by atoms with Crippen LogP contribution in [0, 0.1) is 23.2 Å². The third kappa shape index (κ3) is 3.19. The van der Waals surface area contributed by atoms with Gasteiger partial charge in [0.2, 0.25) is 0 Å². The molecule has 3 rings (SSSR count). The summed E-state index contributed by atoms with van der Waals surface area (Å²) in [6.07, 6.45) is 1.25. The molecule has 2 atom stereocenters. The molecular formula is C19H24N4. The molecule has 1 aliphatic rings. The molecule has 2 N–H and O–H groups in total. The van der Waals surface area contributed by atoms with E-state index < -0.39 is 0 Å². The standard InChI is InChI=1S/C19H24N4/c1-14-8-15(2)12-22(11-14)19-18(21)9-17(10-20)23(19)13-16-6-4-3-5-7-16/h3-7,9,14-15H,8,11-13,21H2,1-2H3/t14-,15-/m1/s1. The summed E-state index contributed by atoms with van der Waals surface area (Å²) in [5.41, 5.74) is 8.80. The molecule has 1 aliphatic heterocycles. The van der Waals surface area contributed by atoms with Crippen LogP contribution in [0.1, 0.15) is 31.5 Å². The fourth-order valence-corrected chi connectivity index (χ4v) is 3.77. The van der Waals surface area contributed by atoms with Gasteiger partial charge in [0.25, 0.3) is 0 Å². The maximum Gasteiger partial charge on any atom is 0.133 e. The van der Waals surface area contributed by atoms with E-state index in [0.717, 1.165) is 18.9 Å². The predicted octanol–water partition coefficient (Wildman–Crippen LogP) is 3.47. The smallest absolute Gasteiger partial charge is 0.133 e. The molecule has 2 heterocycles. The van der Waals surface area contributed by atoms with E-state index in [0.29, 0.717) is 29.8 Å². The van der Waals surface area contributed by atoms with Crippen LogP contribution in [0.3, 0.4) is 0 Å². The van der Waals surface area contributed by atoms with Crippen molar-refractivity contribution in [3.8, 4) is 6.07 Å². The molecule has 1 aromatic heterocycles. The molecule has 0 saturated carbocycles. The van der Waals surface area contributed by atoms with Gasteiger partial charge in [0.15, 0.2) is 0 Å². The van der Waals surface area contributed by atoms with Crippen LogP contribution < -0.4 is 10.6 Å². The zero-order valence-corrected chi connectivity index (χ0v) is 13.9. The van der Waals surface area contributed by atoms with Gasteiger partial charge in [0.05, 0.1) is 12.2 Å². The second-order valence-corrected chi connectivity index (χ2v) is 6.84. The normalized spacial score (nSPS) is 21.2. The van der Waals surface area contributed by atoms with Crippen molar-refractivity contribution in [3.63, 3.8) is 0 Å². The van der Waals surface area contributed by atoms with Gasteiger partial charge in [-0.2, -0.15) is 5.26 Å². The molecule has 0 aliphatic carbocycles. The highest BCUT2D eigenvalue weighted by Gasteiger charge is 2.26. The van der Waals surface area contributed by atoms with Crippen molar-refractivity contribution in [2.75, 3.05) is 23.7 Å². The average molecular weight is 308 g/mol. The van der Waals surface area contributed by atoms with E-state index in [9.17, 15) is 5.26 Å². The van der Waals surface area contributed by atoms with Gasteiger partial charge >= 0.3 is 0 Å². The van der Waals surface area contributed by atoms with Crippen molar-refractivity contribution in [3.05, 3.63) is 47.7 Å². The number of hydrogen-bond donors (Lipinski definition) is 1. The molecular weight excluding hydrogens is 284 g/mol. The zero-order valence-electron chi connectivity index (χ0n) is 13.9. The molecule has 0 unspecified atom stereocenters. The van der Waals surface area contributed by atoms with Crippen molar-refractivity contribution in [2.24, 2.45) is 11.8 Å². The molecule has 2 aromatic rings. The highest BCUT2D eigenvalue weighted by atomic mass is 15.3. The fraction of sp³-hybridized carbons (Fsp3) is 0.421. The van der Waals surface area contributed by atoms with Crippen LogP contribution in [-0.2, 0) is 6.54 Å². The lowest BCUT2D eigenvalue weighted by Crippen LogP contribution is -2.40. The number of hydrogen-bond acceptors (Lipinski definition) is 3. The Labute approximate surface area is 138 Å². The number of piperidine rings is 1. The van der Waals surface area contributed by atoms with Crippen LogP contribution in [-0.4, -0.2) is 17.7 Å². The van der Waals surface area contributed by atoms with E-state index in [1.807, 2.05) is 24.3 Å². The van der Waals surface area contributed by atoms with E-state index in [-0.39, 0.29) is 0 Å². The van der Waals surface area contributed by atoms with Crippen molar-refractivity contribution >= 4 is 11.5 Å². The Bertz CT molecular complexity index is 701. The summed E-state index contributed by atoms with van der Waals surface area (Å²) in [6, 6.07) is 14.3. The topological polar surface area (TPSA) is 58.0 Å². The lowest BCUT2D eigenvalue weighted by Gasteiger charge is -2.37. The summed E-state index contributed by atoms with van der Waals surface area (Å²) >= 11 is 0. The van der Waals surface area contributed by atoms with Crippen molar-refractivity contribution < 1.29 is 0 Å². The Hall–Kier alpha value is -2.41. The number of nitrogens with two attached hydrogens (primary N) is 1. The number of anilines is 2. The third-order valence-corrected chi connectivity index (χ3v) is 4.56. The van der Waals surface area contributed by atoms with Crippen LogP contribution in [0.15, 0.2) is 36.4 Å². The number of nitrogen functional groups attached to an aromatic ring is 1. The molecule has 1 fully saturated rings. The number of benzene rings is 1. The van der Waals surface area contributed by atoms with Crippen molar-refractivity contribution in [2.45, 2.75) is 26.8 Å². The maximum absolute atomic E-state index is 9.49. The summed E-state index contributed by atoms with van der Waals surface area (Å²) in [7, 11) is 0. The molecule has 4 heteroatoms. The lowest BCUT2D eigenvalue weighted by molar-refractivity contribution is 0.353. The van der Waals surface area contributed by atoms with E-state index in [1.165, 1.54) is 12.0 Å². The molecule has 1 aromatic carbocycles.